The molecule has 4 heteroatoms. The Morgan fingerprint density at radius 1 is 1.14 bits per heavy atom. The highest BCUT2D eigenvalue weighted by molar-refractivity contribution is 5.92. The van der Waals surface area contributed by atoms with Crippen molar-refractivity contribution in [3.63, 3.8) is 0 Å². The minimum atomic E-state index is -0.00269. The number of nitrogens with one attached hydrogen (secondary N) is 2. The van der Waals surface area contributed by atoms with Crippen LogP contribution in [-0.4, -0.2) is 28.9 Å². The van der Waals surface area contributed by atoms with Gasteiger partial charge >= 0.3 is 0 Å². The fourth-order valence-electron chi connectivity index (χ4n) is 4.03. The van der Waals surface area contributed by atoms with Gasteiger partial charge in [-0.05, 0) is 72.6 Å². The molecule has 1 aliphatic rings. The zero-order chi connectivity index (χ0) is 19.5. The number of rotatable bonds is 5. The van der Waals surface area contributed by atoms with Gasteiger partial charge in [-0.2, -0.15) is 0 Å². The summed E-state index contributed by atoms with van der Waals surface area (Å²) in [5.41, 5.74) is 4.84. The summed E-state index contributed by atoms with van der Waals surface area (Å²) >= 11 is 0. The Morgan fingerprint density at radius 2 is 1.96 bits per heavy atom. The fraction of sp³-hybridized carbons (Fsp3) is 0.375. The van der Waals surface area contributed by atoms with Gasteiger partial charge in [0.2, 0.25) is 5.91 Å². The minimum Gasteiger partial charge on any atom is -0.361 e. The van der Waals surface area contributed by atoms with E-state index in [1.165, 1.54) is 22.0 Å². The fourth-order valence-corrected chi connectivity index (χ4v) is 4.03. The summed E-state index contributed by atoms with van der Waals surface area (Å²) in [6.07, 6.45) is 4.32. The van der Waals surface area contributed by atoms with E-state index in [-0.39, 0.29) is 11.8 Å². The van der Waals surface area contributed by atoms with Gasteiger partial charge < -0.3 is 10.3 Å². The van der Waals surface area contributed by atoms with Crippen molar-refractivity contribution in [2.75, 3.05) is 18.4 Å². The van der Waals surface area contributed by atoms with Crippen LogP contribution < -0.4 is 5.32 Å². The molecule has 1 saturated heterocycles. The third-order valence-electron chi connectivity index (χ3n) is 5.76. The lowest BCUT2D eigenvalue weighted by Gasteiger charge is -2.32. The second-order valence-corrected chi connectivity index (χ2v) is 8.22. The number of hydrogen-bond acceptors (Lipinski definition) is 2. The third-order valence-corrected chi connectivity index (χ3v) is 5.76. The molecule has 28 heavy (non-hydrogen) atoms. The van der Waals surface area contributed by atoms with Gasteiger partial charge in [0.15, 0.2) is 0 Å². The van der Waals surface area contributed by atoms with Crippen molar-refractivity contribution in [3.8, 4) is 0 Å². The van der Waals surface area contributed by atoms with Crippen LogP contribution in [0.4, 0.5) is 5.69 Å². The van der Waals surface area contributed by atoms with Gasteiger partial charge in [-0.15, -0.1) is 0 Å². The second-order valence-electron chi connectivity index (χ2n) is 8.22. The first-order valence-electron chi connectivity index (χ1n) is 10.3. The molecule has 0 bridgehead atoms. The Balaban J connectivity index is 1.35. The normalized spacial score (nSPS) is 16.0. The molecule has 3 aromatic rings. The Morgan fingerprint density at radius 3 is 2.75 bits per heavy atom. The van der Waals surface area contributed by atoms with Crippen LogP contribution in [0.2, 0.25) is 0 Å². The van der Waals surface area contributed by atoms with E-state index in [4.69, 9.17) is 0 Å². The van der Waals surface area contributed by atoms with Crippen LogP contribution in [0.25, 0.3) is 10.9 Å². The number of aromatic amines is 1. The first kappa shape index (κ1) is 18.8. The van der Waals surface area contributed by atoms with Gasteiger partial charge in [-0.3, -0.25) is 9.69 Å². The van der Waals surface area contributed by atoms with Gasteiger partial charge in [0.05, 0.1) is 0 Å². The van der Waals surface area contributed by atoms with E-state index in [9.17, 15) is 4.79 Å². The molecule has 0 aliphatic carbocycles. The number of carbonyl (C=O) groups is 1. The standard InChI is InChI=1S/C24H29N3O/c1-17(2)24(28)26-22-5-3-4-21(15-22)19-9-12-27(13-10-19)16-18-6-7-20-8-11-25-23(20)14-18/h3-8,11,14-15,17,19,25H,9-10,12-13,16H2,1-2H3,(H,26,28). The maximum Gasteiger partial charge on any atom is 0.226 e. The molecular weight excluding hydrogens is 346 g/mol. The number of anilines is 1. The summed E-state index contributed by atoms with van der Waals surface area (Å²) in [5.74, 6) is 0.640. The number of fused-ring (bicyclic) bond motifs is 1. The number of likely N-dealkylation sites (tertiary alicyclic amines) is 1. The summed E-state index contributed by atoms with van der Waals surface area (Å²) in [6.45, 7) is 7.06. The van der Waals surface area contributed by atoms with Crippen molar-refractivity contribution in [3.05, 3.63) is 65.9 Å². The van der Waals surface area contributed by atoms with E-state index >= 15 is 0 Å². The number of hydrogen-bond donors (Lipinski definition) is 2. The Bertz CT molecular complexity index is 951. The number of H-pyrrole nitrogens is 1. The number of carbonyl (C=O) groups excluding carboxylic acids is 1. The van der Waals surface area contributed by atoms with E-state index in [0.717, 1.165) is 38.2 Å². The molecule has 1 aromatic heterocycles. The second kappa shape index (κ2) is 8.19. The predicted molar refractivity (Wildman–Crippen MR) is 115 cm³/mol. The van der Waals surface area contributed by atoms with E-state index < -0.39 is 0 Å². The molecule has 4 nitrogen and oxygen atoms in total. The molecule has 1 amide bonds. The van der Waals surface area contributed by atoms with Crippen molar-refractivity contribution in [2.45, 2.75) is 39.2 Å². The highest BCUT2D eigenvalue weighted by Crippen LogP contribution is 2.30. The molecule has 0 atom stereocenters. The first-order valence-corrected chi connectivity index (χ1v) is 10.3. The molecule has 0 radical (unpaired) electrons. The van der Waals surface area contributed by atoms with Crippen molar-refractivity contribution >= 4 is 22.5 Å². The maximum absolute atomic E-state index is 12.0. The summed E-state index contributed by atoms with van der Waals surface area (Å²) in [6, 6.07) is 17.2. The lowest BCUT2D eigenvalue weighted by Crippen LogP contribution is -2.32. The first-order chi connectivity index (χ1) is 13.6. The van der Waals surface area contributed by atoms with Crippen LogP contribution in [0.1, 0.15) is 43.7 Å². The molecule has 0 spiro atoms. The van der Waals surface area contributed by atoms with Crippen molar-refractivity contribution in [1.29, 1.82) is 0 Å². The molecule has 1 aliphatic heterocycles. The monoisotopic (exact) mass is 375 g/mol. The van der Waals surface area contributed by atoms with Crippen LogP contribution in [0.5, 0.6) is 0 Å². The largest absolute Gasteiger partial charge is 0.361 e. The molecule has 4 rings (SSSR count). The Kier molecular flexibility index (Phi) is 5.49. The molecule has 1 fully saturated rings. The Hall–Kier alpha value is -2.59. The quantitative estimate of drug-likeness (QED) is 0.648. The number of benzene rings is 2. The van der Waals surface area contributed by atoms with Gasteiger partial charge in [0.1, 0.15) is 0 Å². The molecule has 0 saturated carbocycles. The topological polar surface area (TPSA) is 48.1 Å². The zero-order valence-electron chi connectivity index (χ0n) is 16.7. The number of aromatic nitrogens is 1. The lowest BCUT2D eigenvalue weighted by atomic mass is 9.89. The molecular formula is C24H29N3O. The molecule has 2 heterocycles. The van der Waals surface area contributed by atoms with Gasteiger partial charge in [-0.25, -0.2) is 0 Å². The average molecular weight is 376 g/mol. The maximum atomic E-state index is 12.0. The number of piperidine rings is 1. The zero-order valence-corrected chi connectivity index (χ0v) is 16.7. The van der Waals surface area contributed by atoms with Crippen LogP contribution in [0, 0.1) is 5.92 Å². The van der Waals surface area contributed by atoms with Crippen LogP contribution >= 0.6 is 0 Å². The van der Waals surface area contributed by atoms with Crippen LogP contribution in [-0.2, 0) is 11.3 Å². The number of amides is 1. The van der Waals surface area contributed by atoms with E-state index in [2.05, 4.69) is 57.7 Å². The SMILES string of the molecule is CC(C)C(=O)Nc1cccc(C2CCN(Cc3ccc4cc[nH]c4c3)CC2)c1. The summed E-state index contributed by atoms with van der Waals surface area (Å²) in [4.78, 5) is 17.8. The van der Waals surface area contributed by atoms with Crippen LogP contribution in [0.15, 0.2) is 54.7 Å². The Labute approximate surface area is 166 Å². The summed E-state index contributed by atoms with van der Waals surface area (Å²) in [5, 5.41) is 4.29. The van der Waals surface area contributed by atoms with Crippen molar-refractivity contribution < 1.29 is 4.79 Å². The lowest BCUT2D eigenvalue weighted by molar-refractivity contribution is -0.118. The highest BCUT2D eigenvalue weighted by Gasteiger charge is 2.21. The summed E-state index contributed by atoms with van der Waals surface area (Å²) in [7, 11) is 0. The van der Waals surface area contributed by atoms with Crippen molar-refractivity contribution in [1.82, 2.24) is 9.88 Å². The summed E-state index contributed by atoms with van der Waals surface area (Å²) < 4.78 is 0. The van der Waals surface area contributed by atoms with Crippen molar-refractivity contribution in [2.24, 2.45) is 5.92 Å². The smallest absolute Gasteiger partial charge is 0.226 e. The van der Waals surface area contributed by atoms with E-state index in [1.54, 1.807) is 0 Å². The van der Waals surface area contributed by atoms with Gasteiger partial charge in [0.25, 0.3) is 0 Å². The van der Waals surface area contributed by atoms with Crippen LogP contribution in [0.3, 0.4) is 0 Å². The average Bonchev–Trinajstić information content (AvgIpc) is 3.16. The molecule has 146 valence electrons. The number of nitrogens with zero attached hydrogens (tertiary/aromatic N) is 1. The van der Waals surface area contributed by atoms with Gasteiger partial charge in [-0.1, -0.05) is 38.1 Å². The highest BCUT2D eigenvalue weighted by atomic mass is 16.1. The molecule has 0 unspecified atom stereocenters. The molecule has 2 aromatic carbocycles. The van der Waals surface area contributed by atoms with E-state index in [1.807, 2.05) is 26.1 Å². The van der Waals surface area contributed by atoms with E-state index in [0.29, 0.717) is 5.92 Å². The minimum absolute atomic E-state index is 0.00269. The third kappa shape index (κ3) is 4.28. The molecule has 2 N–H and O–H groups in total. The predicted octanol–water partition coefficient (Wildman–Crippen LogP) is 5.14. The van der Waals surface area contributed by atoms with Gasteiger partial charge in [0, 0.05) is 29.9 Å².